The molecule has 1 fully saturated rings. The topological polar surface area (TPSA) is 56.7 Å². The van der Waals surface area contributed by atoms with Crippen LogP contribution in [-0.2, 0) is 0 Å². The van der Waals surface area contributed by atoms with E-state index in [0.29, 0.717) is 28.1 Å². The van der Waals surface area contributed by atoms with Gasteiger partial charge >= 0.3 is 6.03 Å². The average Bonchev–Trinajstić information content (AvgIpc) is 2.88. The Bertz CT molecular complexity index is 518. The summed E-state index contributed by atoms with van der Waals surface area (Å²) in [5, 5.41) is 7.70. The van der Waals surface area contributed by atoms with E-state index in [2.05, 4.69) is 15.8 Å². The molecule has 0 aromatic heterocycles. The Kier molecular flexibility index (Phi) is 4.50. The molecule has 2 N–H and O–H groups in total. The normalized spacial score (nSPS) is 16.8. The minimum absolute atomic E-state index is 0.157. The summed E-state index contributed by atoms with van der Waals surface area (Å²) in [6.45, 7) is 0.670. The van der Waals surface area contributed by atoms with Gasteiger partial charge in [0.05, 0.1) is 15.7 Å². The zero-order valence-electron chi connectivity index (χ0n) is 10.4. The van der Waals surface area contributed by atoms with Gasteiger partial charge in [-0.2, -0.15) is 5.10 Å². The SMILES string of the molecule is CNC(=O)N1CCCC1=NNc1cccc(Cl)c1Cl. The van der Waals surface area contributed by atoms with Crippen LogP contribution in [0.25, 0.3) is 0 Å². The van der Waals surface area contributed by atoms with E-state index in [1.54, 1.807) is 30.1 Å². The Hall–Kier alpha value is -1.46. The number of nitrogens with one attached hydrogen (secondary N) is 2. The van der Waals surface area contributed by atoms with E-state index in [-0.39, 0.29) is 6.03 Å². The minimum Gasteiger partial charge on any atom is -0.341 e. The number of benzene rings is 1. The van der Waals surface area contributed by atoms with Crippen LogP contribution in [-0.4, -0.2) is 30.4 Å². The number of amidine groups is 1. The molecule has 19 heavy (non-hydrogen) atoms. The van der Waals surface area contributed by atoms with Gasteiger partial charge in [-0.05, 0) is 18.6 Å². The quantitative estimate of drug-likeness (QED) is 0.824. The lowest BCUT2D eigenvalue weighted by Crippen LogP contribution is -2.39. The predicted molar refractivity (Wildman–Crippen MR) is 77.9 cm³/mol. The largest absolute Gasteiger partial charge is 0.341 e. The summed E-state index contributed by atoms with van der Waals surface area (Å²) in [7, 11) is 1.60. The van der Waals surface area contributed by atoms with Gasteiger partial charge in [-0.1, -0.05) is 29.3 Å². The van der Waals surface area contributed by atoms with Crippen LogP contribution in [0.2, 0.25) is 10.0 Å². The van der Waals surface area contributed by atoms with Crippen LogP contribution in [0.5, 0.6) is 0 Å². The predicted octanol–water partition coefficient (Wildman–Crippen LogP) is 3.15. The first kappa shape index (κ1) is 14.0. The molecule has 0 atom stereocenters. The standard InChI is InChI=1S/C12H14Cl2N4O/c1-15-12(19)18-7-3-6-10(18)17-16-9-5-2-4-8(13)11(9)14/h2,4-5,16H,3,6-7H2,1H3,(H,15,19). The lowest BCUT2D eigenvalue weighted by molar-refractivity contribution is 0.225. The van der Waals surface area contributed by atoms with Gasteiger partial charge in [-0.3, -0.25) is 10.3 Å². The Morgan fingerprint density at radius 2 is 2.21 bits per heavy atom. The molecule has 5 nitrogen and oxygen atoms in total. The van der Waals surface area contributed by atoms with Gasteiger partial charge in [-0.25, -0.2) is 4.79 Å². The second-order valence-corrected chi connectivity index (χ2v) is 4.84. The summed E-state index contributed by atoms with van der Waals surface area (Å²) in [5.74, 6) is 0.690. The van der Waals surface area contributed by atoms with Crippen LogP contribution in [0.4, 0.5) is 10.5 Å². The molecule has 2 amide bonds. The van der Waals surface area contributed by atoms with Crippen molar-refractivity contribution < 1.29 is 4.79 Å². The average molecular weight is 301 g/mol. The number of amides is 2. The van der Waals surface area contributed by atoms with Gasteiger partial charge in [0.2, 0.25) is 0 Å². The van der Waals surface area contributed by atoms with E-state index in [9.17, 15) is 4.79 Å². The molecule has 0 saturated carbocycles. The number of hydrogen-bond donors (Lipinski definition) is 2. The van der Waals surface area contributed by atoms with E-state index in [0.717, 1.165) is 12.8 Å². The van der Waals surface area contributed by atoms with Gasteiger partial charge in [0.1, 0.15) is 5.84 Å². The van der Waals surface area contributed by atoms with Crippen molar-refractivity contribution in [3.05, 3.63) is 28.2 Å². The fraction of sp³-hybridized carbons (Fsp3) is 0.333. The number of hydrazone groups is 1. The molecule has 102 valence electrons. The van der Waals surface area contributed by atoms with Gasteiger partial charge in [-0.15, -0.1) is 0 Å². The Morgan fingerprint density at radius 1 is 1.42 bits per heavy atom. The maximum Gasteiger partial charge on any atom is 0.322 e. The maximum atomic E-state index is 11.6. The van der Waals surface area contributed by atoms with E-state index in [1.807, 2.05) is 0 Å². The Balaban J connectivity index is 2.13. The fourth-order valence-electron chi connectivity index (χ4n) is 1.84. The molecule has 0 bridgehead atoms. The Labute approximate surface area is 121 Å². The molecular formula is C12H14Cl2N4O. The maximum absolute atomic E-state index is 11.6. The smallest absolute Gasteiger partial charge is 0.322 e. The number of carbonyl (C=O) groups is 1. The number of halogens is 2. The van der Waals surface area contributed by atoms with Crippen molar-refractivity contribution in [2.45, 2.75) is 12.8 Å². The number of likely N-dealkylation sites (tertiary alicyclic amines) is 1. The summed E-state index contributed by atoms with van der Waals surface area (Å²) in [6.07, 6.45) is 1.65. The highest BCUT2D eigenvalue weighted by Crippen LogP contribution is 2.29. The summed E-state index contributed by atoms with van der Waals surface area (Å²) in [6, 6.07) is 5.10. The monoisotopic (exact) mass is 300 g/mol. The number of hydrogen-bond acceptors (Lipinski definition) is 3. The fourth-order valence-corrected chi connectivity index (χ4v) is 2.19. The van der Waals surface area contributed by atoms with Crippen LogP contribution >= 0.6 is 23.2 Å². The number of rotatable bonds is 2. The van der Waals surface area contributed by atoms with Crippen LogP contribution in [0, 0.1) is 0 Å². The van der Waals surface area contributed by atoms with Crippen molar-refractivity contribution >= 4 is 40.8 Å². The van der Waals surface area contributed by atoms with Gasteiger partial charge in [0.25, 0.3) is 0 Å². The van der Waals surface area contributed by atoms with Crippen molar-refractivity contribution in [2.75, 3.05) is 19.0 Å². The van der Waals surface area contributed by atoms with Crippen molar-refractivity contribution in [1.82, 2.24) is 10.2 Å². The highest BCUT2D eigenvalue weighted by molar-refractivity contribution is 6.43. The highest BCUT2D eigenvalue weighted by atomic mass is 35.5. The third-order valence-corrected chi connectivity index (χ3v) is 3.63. The van der Waals surface area contributed by atoms with Crippen molar-refractivity contribution in [3.8, 4) is 0 Å². The number of urea groups is 1. The molecule has 1 aromatic rings. The summed E-state index contributed by atoms with van der Waals surface area (Å²) < 4.78 is 0. The summed E-state index contributed by atoms with van der Waals surface area (Å²) in [4.78, 5) is 13.2. The molecule has 2 rings (SSSR count). The first-order chi connectivity index (χ1) is 9.13. The molecule has 1 aliphatic heterocycles. The molecule has 0 spiro atoms. The summed E-state index contributed by atoms with van der Waals surface area (Å²) >= 11 is 12.0. The third kappa shape index (κ3) is 3.11. The van der Waals surface area contributed by atoms with Crippen molar-refractivity contribution in [3.63, 3.8) is 0 Å². The zero-order valence-corrected chi connectivity index (χ0v) is 11.9. The lowest BCUT2D eigenvalue weighted by Gasteiger charge is -2.16. The Morgan fingerprint density at radius 3 is 2.95 bits per heavy atom. The first-order valence-corrected chi connectivity index (χ1v) is 6.65. The van der Waals surface area contributed by atoms with E-state index in [4.69, 9.17) is 23.2 Å². The molecule has 1 heterocycles. The van der Waals surface area contributed by atoms with Crippen LogP contribution in [0.1, 0.15) is 12.8 Å². The van der Waals surface area contributed by atoms with E-state index >= 15 is 0 Å². The highest BCUT2D eigenvalue weighted by Gasteiger charge is 2.24. The van der Waals surface area contributed by atoms with Crippen LogP contribution in [0.3, 0.4) is 0 Å². The van der Waals surface area contributed by atoms with E-state index < -0.39 is 0 Å². The molecule has 1 saturated heterocycles. The molecule has 7 heteroatoms. The number of anilines is 1. The molecule has 1 aliphatic rings. The first-order valence-electron chi connectivity index (χ1n) is 5.89. The number of carbonyl (C=O) groups excluding carboxylic acids is 1. The van der Waals surface area contributed by atoms with Gasteiger partial charge in [0, 0.05) is 20.0 Å². The van der Waals surface area contributed by atoms with E-state index in [1.165, 1.54) is 0 Å². The molecule has 0 aliphatic carbocycles. The van der Waals surface area contributed by atoms with Crippen molar-refractivity contribution in [1.29, 1.82) is 0 Å². The third-order valence-electron chi connectivity index (χ3n) is 2.81. The van der Waals surface area contributed by atoms with Gasteiger partial charge < -0.3 is 5.32 Å². The molecule has 0 radical (unpaired) electrons. The molecule has 0 unspecified atom stereocenters. The molecule has 1 aromatic carbocycles. The molecular weight excluding hydrogens is 287 g/mol. The zero-order chi connectivity index (χ0) is 13.8. The van der Waals surface area contributed by atoms with Gasteiger partial charge in [0.15, 0.2) is 0 Å². The number of nitrogens with zero attached hydrogens (tertiary/aromatic N) is 2. The van der Waals surface area contributed by atoms with Crippen molar-refractivity contribution in [2.24, 2.45) is 5.10 Å². The second kappa shape index (κ2) is 6.12. The second-order valence-electron chi connectivity index (χ2n) is 4.05. The summed E-state index contributed by atoms with van der Waals surface area (Å²) in [5.41, 5.74) is 3.47. The lowest BCUT2D eigenvalue weighted by atomic mass is 10.3. The minimum atomic E-state index is -0.157. The van der Waals surface area contributed by atoms with Crippen LogP contribution in [0.15, 0.2) is 23.3 Å². The van der Waals surface area contributed by atoms with Crippen LogP contribution < -0.4 is 10.7 Å².